The van der Waals surface area contributed by atoms with E-state index in [0.717, 1.165) is 11.2 Å². The Hall–Kier alpha value is -7.52. The van der Waals surface area contributed by atoms with Crippen molar-refractivity contribution in [3.63, 3.8) is 0 Å². The third-order valence-electron chi connectivity index (χ3n) is 14.2. The highest BCUT2D eigenvalue weighted by atomic mass is 32.1. The SMILES string of the molecule is CC1(C)c2ccc(-c3c4ccccc4c(-c4ccc5ccccc5c4)c4ccccc34)cc2-c2ccc(-c3ccc4sc5c(c4c3)c3ccccc3c3oc4ccccc4c35)cc21. The third kappa shape index (κ3) is 4.87. The summed E-state index contributed by atoms with van der Waals surface area (Å²) in [6.45, 7) is 4.79. The molecule has 0 bridgehead atoms. The molecule has 11 aromatic carbocycles. The summed E-state index contributed by atoms with van der Waals surface area (Å²) in [5.41, 5.74) is 14.7. The van der Waals surface area contributed by atoms with Crippen LogP contribution < -0.4 is 0 Å². The van der Waals surface area contributed by atoms with E-state index in [2.05, 4.69) is 208 Å². The third-order valence-corrected chi connectivity index (χ3v) is 15.4. The van der Waals surface area contributed by atoms with Crippen molar-refractivity contribution in [2.45, 2.75) is 19.3 Å². The van der Waals surface area contributed by atoms with Gasteiger partial charge in [0, 0.05) is 41.7 Å². The van der Waals surface area contributed by atoms with Gasteiger partial charge in [0.15, 0.2) is 0 Å². The van der Waals surface area contributed by atoms with Gasteiger partial charge in [-0.1, -0.05) is 172 Å². The molecule has 0 radical (unpaired) electrons. The zero-order chi connectivity index (χ0) is 41.6. The van der Waals surface area contributed by atoms with Crippen LogP contribution in [0.25, 0.3) is 130 Å². The number of furan rings is 1. The Morgan fingerprint density at radius 1 is 0.381 bits per heavy atom. The summed E-state index contributed by atoms with van der Waals surface area (Å²) >= 11 is 1.88. The molecule has 0 saturated heterocycles. The minimum absolute atomic E-state index is 0.160. The molecule has 1 aliphatic rings. The van der Waals surface area contributed by atoms with Crippen LogP contribution in [0.15, 0.2) is 199 Å². The maximum absolute atomic E-state index is 6.56. The Bertz CT molecular complexity index is 4060. The molecule has 13 aromatic rings. The van der Waals surface area contributed by atoms with Crippen LogP contribution in [0, 0.1) is 0 Å². The largest absolute Gasteiger partial charge is 0.455 e. The van der Waals surface area contributed by atoms with Gasteiger partial charge in [-0.05, 0) is 130 Å². The summed E-state index contributed by atoms with van der Waals surface area (Å²) in [5.74, 6) is 0. The molecule has 14 rings (SSSR count). The minimum Gasteiger partial charge on any atom is -0.455 e. The van der Waals surface area contributed by atoms with Gasteiger partial charge in [0.05, 0.1) is 0 Å². The molecule has 2 heterocycles. The van der Waals surface area contributed by atoms with Crippen molar-refractivity contribution in [2.24, 2.45) is 0 Å². The molecule has 1 aliphatic carbocycles. The van der Waals surface area contributed by atoms with Crippen LogP contribution in [0.5, 0.6) is 0 Å². The molecule has 1 nitrogen and oxygen atoms in total. The molecule has 0 spiro atoms. The first-order chi connectivity index (χ1) is 31.0. The number of rotatable bonds is 3. The van der Waals surface area contributed by atoms with Gasteiger partial charge in [0.1, 0.15) is 11.2 Å². The molecule has 63 heavy (non-hydrogen) atoms. The summed E-state index contributed by atoms with van der Waals surface area (Å²) in [7, 11) is 0. The van der Waals surface area contributed by atoms with E-state index >= 15 is 0 Å². The lowest BCUT2D eigenvalue weighted by Crippen LogP contribution is -2.15. The second-order valence-corrected chi connectivity index (χ2v) is 19.0. The molecule has 0 unspecified atom stereocenters. The van der Waals surface area contributed by atoms with Gasteiger partial charge in [0.25, 0.3) is 0 Å². The van der Waals surface area contributed by atoms with Crippen molar-refractivity contribution in [3.8, 4) is 44.5 Å². The number of para-hydroxylation sites is 1. The zero-order valence-electron chi connectivity index (χ0n) is 34.8. The second kappa shape index (κ2) is 12.8. The highest BCUT2D eigenvalue weighted by Gasteiger charge is 2.36. The molecular formula is C61H38OS. The molecule has 0 N–H and O–H groups in total. The summed E-state index contributed by atoms with van der Waals surface area (Å²) in [6, 6.07) is 72.3. The van der Waals surface area contributed by atoms with Crippen molar-refractivity contribution >= 4 is 96.5 Å². The van der Waals surface area contributed by atoms with Gasteiger partial charge in [-0.3, -0.25) is 0 Å². The average molecular weight is 819 g/mol. The highest BCUT2D eigenvalue weighted by molar-refractivity contribution is 7.27. The number of benzene rings is 11. The lowest BCUT2D eigenvalue weighted by atomic mass is 9.81. The van der Waals surface area contributed by atoms with Gasteiger partial charge < -0.3 is 4.42 Å². The topological polar surface area (TPSA) is 13.1 Å². The Morgan fingerprint density at radius 2 is 0.952 bits per heavy atom. The lowest BCUT2D eigenvalue weighted by Gasteiger charge is -2.22. The first-order valence-corrected chi connectivity index (χ1v) is 22.7. The Balaban J connectivity index is 0.927. The number of hydrogen-bond acceptors (Lipinski definition) is 2. The van der Waals surface area contributed by atoms with Crippen molar-refractivity contribution in [2.75, 3.05) is 0 Å². The molecule has 0 atom stereocenters. The lowest BCUT2D eigenvalue weighted by molar-refractivity contribution is 0.660. The molecule has 294 valence electrons. The summed E-state index contributed by atoms with van der Waals surface area (Å²) in [5, 5.41) is 15.1. The quantitative estimate of drug-likeness (QED) is 0.162. The van der Waals surface area contributed by atoms with E-state index in [9.17, 15) is 0 Å². The smallest absolute Gasteiger partial charge is 0.144 e. The van der Waals surface area contributed by atoms with Gasteiger partial charge in [-0.2, -0.15) is 0 Å². The number of thiophene rings is 1. The van der Waals surface area contributed by atoms with Crippen molar-refractivity contribution in [3.05, 3.63) is 205 Å². The van der Waals surface area contributed by atoms with Crippen LogP contribution >= 0.6 is 11.3 Å². The summed E-state index contributed by atoms with van der Waals surface area (Å²) in [6.07, 6.45) is 0. The minimum atomic E-state index is -0.160. The summed E-state index contributed by atoms with van der Waals surface area (Å²) in [4.78, 5) is 0. The normalized spacial score (nSPS) is 13.4. The maximum Gasteiger partial charge on any atom is 0.144 e. The van der Waals surface area contributed by atoms with Crippen LogP contribution in [-0.4, -0.2) is 0 Å². The van der Waals surface area contributed by atoms with Crippen LogP contribution in [-0.2, 0) is 5.41 Å². The fourth-order valence-electron chi connectivity index (χ4n) is 11.3. The highest BCUT2D eigenvalue weighted by Crippen LogP contribution is 2.53. The van der Waals surface area contributed by atoms with Crippen LogP contribution in [0.3, 0.4) is 0 Å². The first kappa shape index (κ1) is 35.1. The van der Waals surface area contributed by atoms with Crippen molar-refractivity contribution in [1.29, 1.82) is 0 Å². The van der Waals surface area contributed by atoms with Gasteiger partial charge >= 0.3 is 0 Å². The Kier molecular flexibility index (Phi) is 7.12. The van der Waals surface area contributed by atoms with Crippen molar-refractivity contribution < 1.29 is 4.42 Å². The second-order valence-electron chi connectivity index (χ2n) is 17.9. The zero-order valence-corrected chi connectivity index (χ0v) is 35.6. The van der Waals surface area contributed by atoms with Crippen LogP contribution in [0.2, 0.25) is 0 Å². The molecule has 0 aliphatic heterocycles. The standard InChI is InChI=1S/C61H38OS/c1-61(2)51-29-26-40(56-44-17-7-5-15-42(44)55(43-16-6-8-18-45(43)56)39-24-23-35-13-3-4-14-36(35)31-39)33-49(51)41-28-25-38(34-52(41)61)37-27-30-54-50(32-37)57-46-19-9-10-20-47(46)59-58(60(57)63-54)48-21-11-12-22-53(48)62-59/h3-34H,1-2H3. The Labute approximate surface area is 368 Å². The predicted octanol–water partition coefficient (Wildman–Crippen LogP) is 17.9. The predicted molar refractivity (Wildman–Crippen MR) is 271 cm³/mol. The van der Waals surface area contributed by atoms with Crippen LogP contribution in [0.1, 0.15) is 25.0 Å². The van der Waals surface area contributed by atoms with E-state index in [0.29, 0.717) is 0 Å². The molecule has 2 aromatic heterocycles. The molecule has 0 saturated carbocycles. The van der Waals surface area contributed by atoms with E-state index in [1.165, 1.54) is 130 Å². The molecule has 2 heteroatoms. The molecular weight excluding hydrogens is 781 g/mol. The maximum atomic E-state index is 6.56. The van der Waals surface area contributed by atoms with E-state index in [1.807, 2.05) is 11.3 Å². The van der Waals surface area contributed by atoms with Crippen LogP contribution in [0.4, 0.5) is 0 Å². The van der Waals surface area contributed by atoms with Crippen molar-refractivity contribution in [1.82, 2.24) is 0 Å². The molecule has 0 amide bonds. The van der Waals surface area contributed by atoms with E-state index in [4.69, 9.17) is 4.42 Å². The fraction of sp³-hybridized carbons (Fsp3) is 0.0492. The first-order valence-electron chi connectivity index (χ1n) is 21.9. The van der Waals surface area contributed by atoms with E-state index in [1.54, 1.807) is 0 Å². The monoisotopic (exact) mass is 818 g/mol. The van der Waals surface area contributed by atoms with Gasteiger partial charge in [0.2, 0.25) is 0 Å². The average Bonchev–Trinajstić information content (AvgIpc) is 3.98. The number of fused-ring (bicyclic) bond motifs is 16. The fourth-order valence-corrected chi connectivity index (χ4v) is 12.5. The van der Waals surface area contributed by atoms with E-state index < -0.39 is 0 Å². The Morgan fingerprint density at radius 3 is 1.70 bits per heavy atom. The molecule has 0 fully saturated rings. The van der Waals surface area contributed by atoms with Gasteiger partial charge in [-0.15, -0.1) is 11.3 Å². The summed E-state index contributed by atoms with van der Waals surface area (Å²) < 4.78 is 9.15. The number of hydrogen-bond donors (Lipinski definition) is 0. The van der Waals surface area contributed by atoms with E-state index in [-0.39, 0.29) is 5.41 Å². The van der Waals surface area contributed by atoms with Gasteiger partial charge in [-0.25, -0.2) is 0 Å².